The Balaban J connectivity index is 2.20. The van der Waals surface area contributed by atoms with E-state index in [4.69, 9.17) is 4.42 Å². The number of nitrogens with one attached hydrogen (secondary N) is 1. The standard InChI is InChI=1S/C14H17BrN2O/c1-14(2,3)17-8-12-13(18-9-16-12)10-4-6-11(15)7-5-10/h4-7,9,17H,8H2,1-3H3. The van der Waals surface area contributed by atoms with Crippen LogP contribution in [0.5, 0.6) is 0 Å². The summed E-state index contributed by atoms with van der Waals surface area (Å²) in [5.74, 6) is 0.833. The fourth-order valence-corrected chi connectivity index (χ4v) is 1.84. The Labute approximate surface area is 116 Å². The molecule has 4 heteroatoms. The predicted molar refractivity (Wildman–Crippen MR) is 76.2 cm³/mol. The largest absolute Gasteiger partial charge is 0.443 e. The lowest BCUT2D eigenvalue weighted by molar-refractivity contribution is 0.421. The molecule has 1 N–H and O–H groups in total. The number of halogens is 1. The summed E-state index contributed by atoms with van der Waals surface area (Å²) in [7, 11) is 0. The molecule has 0 aliphatic heterocycles. The van der Waals surface area contributed by atoms with E-state index in [0.29, 0.717) is 6.54 Å². The Morgan fingerprint density at radius 1 is 1.22 bits per heavy atom. The number of hydrogen-bond acceptors (Lipinski definition) is 3. The second-order valence-corrected chi connectivity index (χ2v) is 6.15. The van der Waals surface area contributed by atoms with Crippen LogP contribution in [0.4, 0.5) is 0 Å². The average Bonchev–Trinajstić information content (AvgIpc) is 2.75. The molecule has 0 saturated carbocycles. The first kappa shape index (κ1) is 13.3. The van der Waals surface area contributed by atoms with E-state index in [1.165, 1.54) is 6.39 Å². The maximum absolute atomic E-state index is 5.49. The van der Waals surface area contributed by atoms with Crippen LogP contribution < -0.4 is 5.32 Å². The number of benzene rings is 1. The molecule has 0 fully saturated rings. The van der Waals surface area contributed by atoms with Gasteiger partial charge in [-0.05, 0) is 32.9 Å². The summed E-state index contributed by atoms with van der Waals surface area (Å²) in [6.45, 7) is 7.09. The van der Waals surface area contributed by atoms with Crippen LogP contribution >= 0.6 is 15.9 Å². The summed E-state index contributed by atoms with van der Waals surface area (Å²) in [5.41, 5.74) is 2.05. The molecule has 0 saturated heterocycles. The molecule has 0 aliphatic rings. The van der Waals surface area contributed by atoms with Gasteiger partial charge in [0.15, 0.2) is 12.2 Å². The summed E-state index contributed by atoms with van der Waals surface area (Å²) in [6, 6.07) is 8.04. The Bertz CT molecular complexity index is 511. The van der Waals surface area contributed by atoms with Gasteiger partial charge in [0.1, 0.15) is 5.69 Å². The highest BCUT2D eigenvalue weighted by Crippen LogP contribution is 2.25. The Morgan fingerprint density at radius 2 is 1.89 bits per heavy atom. The van der Waals surface area contributed by atoms with E-state index in [2.05, 4.69) is 47.0 Å². The first-order valence-corrected chi connectivity index (χ1v) is 6.68. The average molecular weight is 309 g/mol. The van der Waals surface area contributed by atoms with Crippen molar-refractivity contribution >= 4 is 15.9 Å². The fraction of sp³-hybridized carbons (Fsp3) is 0.357. The Kier molecular flexibility index (Phi) is 3.88. The van der Waals surface area contributed by atoms with Crippen molar-refractivity contribution in [3.8, 4) is 11.3 Å². The van der Waals surface area contributed by atoms with Crippen LogP contribution in [0, 0.1) is 0 Å². The van der Waals surface area contributed by atoms with Gasteiger partial charge in [-0.15, -0.1) is 0 Å². The maximum atomic E-state index is 5.49. The Morgan fingerprint density at radius 3 is 2.50 bits per heavy atom. The summed E-state index contributed by atoms with van der Waals surface area (Å²) in [4.78, 5) is 4.28. The van der Waals surface area contributed by atoms with E-state index >= 15 is 0 Å². The summed E-state index contributed by atoms with van der Waals surface area (Å²) >= 11 is 3.43. The van der Waals surface area contributed by atoms with Crippen molar-refractivity contribution in [3.63, 3.8) is 0 Å². The molecule has 0 aliphatic carbocycles. The molecule has 0 bridgehead atoms. The van der Waals surface area contributed by atoms with E-state index < -0.39 is 0 Å². The van der Waals surface area contributed by atoms with Crippen molar-refractivity contribution in [2.75, 3.05) is 0 Å². The number of hydrogen-bond donors (Lipinski definition) is 1. The third-order valence-electron chi connectivity index (χ3n) is 2.53. The number of rotatable bonds is 3. The number of aromatic nitrogens is 1. The lowest BCUT2D eigenvalue weighted by Crippen LogP contribution is -2.35. The van der Waals surface area contributed by atoms with Crippen LogP contribution in [0.25, 0.3) is 11.3 Å². The lowest BCUT2D eigenvalue weighted by Gasteiger charge is -2.19. The minimum Gasteiger partial charge on any atom is -0.443 e. The molecule has 18 heavy (non-hydrogen) atoms. The van der Waals surface area contributed by atoms with Gasteiger partial charge in [-0.25, -0.2) is 4.98 Å². The highest BCUT2D eigenvalue weighted by atomic mass is 79.9. The minimum atomic E-state index is 0.0654. The van der Waals surface area contributed by atoms with Crippen molar-refractivity contribution in [2.45, 2.75) is 32.9 Å². The van der Waals surface area contributed by atoms with Crippen LogP contribution in [0.1, 0.15) is 26.5 Å². The molecule has 0 spiro atoms. The fourth-order valence-electron chi connectivity index (χ4n) is 1.58. The van der Waals surface area contributed by atoms with Gasteiger partial charge in [0, 0.05) is 22.1 Å². The quantitative estimate of drug-likeness (QED) is 0.931. The third kappa shape index (κ3) is 3.43. The van der Waals surface area contributed by atoms with Crippen molar-refractivity contribution in [1.29, 1.82) is 0 Å². The van der Waals surface area contributed by atoms with E-state index in [-0.39, 0.29) is 5.54 Å². The van der Waals surface area contributed by atoms with Gasteiger partial charge < -0.3 is 9.73 Å². The van der Waals surface area contributed by atoms with Gasteiger partial charge in [0.25, 0.3) is 0 Å². The molecule has 0 radical (unpaired) electrons. The molecule has 0 unspecified atom stereocenters. The highest BCUT2D eigenvalue weighted by Gasteiger charge is 2.14. The van der Waals surface area contributed by atoms with Gasteiger partial charge in [0.2, 0.25) is 0 Å². The van der Waals surface area contributed by atoms with Gasteiger partial charge in [-0.2, -0.15) is 0 Å². The van der Waals surface area contributed by atoms with Gasteiger partial charge in [-0.3, -0.25) is 0 Å². The first-order chi connectivity index (χ1) is 8.46. The molecule has 0 atom stereocenters. The smallest absolute Gasteiger partial charge is 0.181 e. The van der Waals surface area contributed by atoms with Crippen LogP contribution in [-0.4, -0.2) is 10.5 Å². The van der Waals surface area contributed by atoms with E-state index in [1.807, 2.05) is 24.3 Å². The third-order valence-corrected chi connectivity index (χ3v) is 3.06. The predicted octanol–water partition coefficient (Wildman–Crippen LogP) is 3.99. The van der Waals surface area contributed by atoms with Crippen LogP contribution in [0.2, 0.25) is 0 Å². The molecule has 1 heterocycles. The van der Waals surface area contributed by atoms with Crippen molar-refractivity contribution < 1.29 is 4.42 Å². The summed E-state index contributed by atoms with van der Waals surface area (Å²) in [5, 5.41) is 3.41. The van der Waals surface area contributed by atoms with Gasteiger partial charge in [-0.1, -0.05) is 28.1 Å². The van der Waals surface area contributed by atoms with Crippen molar-refractivity contribution in [2.24, 2.45) is 0 Å². The molecule has 3 nitrogen and oxygen atoms in total. The zero-order valence-electron chi connectivity index (χ0n) is 10.8. The molecular formula is C14H17BrN2O. The first-order valence-electron chi connectivity index (χ1n) is 5.89. The number of nitrogens with zero attached hydrogens (tertiary/aromatic N) is 1. The monoisotopic (exact) mass is 308 g/mol. The molecule has 96 valence electrons. The van der Waals surface area contributed by atoms with E-state index in [9.17, 15) is 0 Å². The van der Waals surface area contributed by atoms with Gasteiger partial charge >= 0.3 is 0 Å². The molecular weight excluding hydrogens is 292 g/mol. The van der Waals surface area contributed by atoms with Crippen LogP contribution in [-0.2, 0) is 6.54 Å². The van der Waals surface area contributed by atoms with Crippen molar-refractivity contribution in [3.05, 3.63) is 40.8 Å². The summed E-state index contributed by atoms with van der Waals surface area (Å²) < 4.78 is 6.55. The zero-order chi connectivity index (χ0) is 13.2. The maximum Gasteiger partial charge on any atom is 0.181 e. The molecule has 1 aromatic carbocycles. The second-order valence-electron chi connectivity index (χ2n) is 5.24. The molecule has 0 amide bonds. The zero-order valence-corrected chi connectivity index (χ0v) is 12.4. The normalized spacial score (nSPS) is 11.8. The molecule has 1 aromatic heterocycles. The number of oxazole rings is 1. The van der Waals surface area contributed by atoms with Gasteiger partial charge in [0.05, 0.1) is 0 Å². The SMILES string of the molecule is CC(C)(C)NCc1ncoc1-c1ccc(Br)cc1. The van der Waals surface area contributed by atoms with Crippen LogP contribution in [0.15, 0.2) is 39.5 Å². The lowest BCUT2D eigenvalue weighted by atomic mass is 10.1. The topological polar surface area (TPSA) is 38.1 Å². The second kappa shape index (κ2) is 5.24. The van der Waals surface area contributed by atoms with Crippen molar-refractivity contribution in [1.82, 2.24) is 10.3 Å². The van der Waals surface area contributed by atoms with Crippen LogP contribution in [0.3, 0.4) is 0 Å². The minimum absolute atomic E-state index is 0.0654. The molecule has 2 rings (SSSR count). The van der Waals surface area contributed by atoms with E-state index in [1.54, 1.807) is 0 Å². The van der Waals surface area contributed by atoms with E-state index in [0.717, 1.165) is 21.5 Å². The highest BCUT2D eigenvalue weighted by molar-refractivity contribution is 9.10. The molecule has 2 aromatic rings. The Hall–Kier alpha value is -1.13. The summed E-state index contributed by atoms with van der Waals surface area (Å²) in [6.07, 6.45) is 1.50.